The summed E-state index contributed by atoms with van der Waals surface area (Å²) in [6.07, 6.45) is 2.76. The number of fused-ring (bicyclic) bond motifs is 3. The topological polar surface area (TPSA) is 42.7 Å². The van der Waals surface area contributed by atoms with Crippen molar-refractivity contribution in [3.05, 3.63) is 68.5 Å². The van der Waals surface area contributed by atoms with Gasteiger partial charge in [-0.25, -0.2) is 4.79 Å². The third-order valence-electron chi connectivity index (χ3n) is 5.06. The number of rotatable bonds is 4. The summed E-state index contributed by atoms with van der Waals surface area (Å²) in [4.78, 5) is 14.2. The number of halogens is 1. The van der Waals surface area contributed by atoms with E-state index in [1.54, 1.807) is 6.07 Å². The number of ether oxygens (including phenoxy) is 1. The lowest BCUT2D eigenvalue weighted by atomic mass is 10.0. The fourth-order valence-electron chi connectivity index (χ4n) is 3.64. The first-order chi connectivity index (χ1) is 13.1. The van der Waals surface area contributed by atoms with Crippen LogP contribution in [-0.2, 0) is 19.4 Å². The fraction of sp³-hybridized carbons (Fsp3) is 0.318. The molecule has 1 aromatic heterocycles. The molecule has 0 fully saturated rings. The molecule has 0 saturated carbocycles. The molecule has 5 heteroatoms. The molecule has 0 bridgehead atoms. The van der Waals surface area contributed by atoms with E-state index in [4.69, 9.17) is 20.8 Å². The van der Waals surface area contributed by atoms with E-state index in [0.717, 1.165) is 41.5 Å². The van der Waals surface area contributed by atoms with Gasteiger partial charge in [0.25, 0.3) is 0 Å². The van der Waals surface area contributed by atoms with Crippen LogP contribution in [0.2, 0.25) is 5.02 Å². The zero-order valence-corrected chi connectivity index (χ0v) is 16.3. The van der Waals surface area contributed by atoms with Gasteiger partial charge in [0.1, 0.15) is 11.3 Å². The van der Waals surface area contributed by atoms with Gasteiger partial charge in [0.2, 0.25) is 0 Å². The van der Waals surface area contributed by atoms with Gasteiger partial charge in [-0.1, -0.05) is 44.0 Å². The van der Waals surface area contributed by atoms with Crippen molar-refractivity contribution in [1.82, 2.24) is 0 Å². The average Bonchev–Trinajstić information content (AvgIpc) is 2.69. The number of anilines is 1. The first-order valence-corrected chi connectivity index (χ1v) is 9.73. The SMILES string of the molecule is CCCc1cc(=O)oc2c3c(c(Cl)cc12)OCN(c1ccc(CC)cc1)C3. The lowest BCUT2D eigenvalue weighted by Crippen LogP contribution is -2.32. The third kappa shape index (κ3) is 3.30. The molecular weight excluding hydrogens is 362 g/mol. The largest absolute Gasteiger partial charge is 0.471 e. The maximum Gasteiger partial charge on any atom is 0.336 e. The van der Waals surface area contributed by atoms with Crippen LogP contribution in [0.3, 0.4) is 0 Å². The van der Waals surface area contributed by atoms with Crippen LogP contribution in [0.1, 0.15) is 37.0 Å². The summed E-state index contributed by atoms with van der Waals surface area (Å²) in [7, 11) is 0. The van der Waals surface area contributed by atoms with Crippen LogP contribution in [0.4, 0.5) is 5.69 Å². The summed E-state index contributed by atoms with van der Waals surface area (Å²) >= 11 is 6.50. The van der Waals surface area contributed by atoms with E-state index < -0.39 is 0 Å². The Morgan fingerprint density at radius 3 is 2.63 bits per heavy atom. The minimum Gasteiger partial charge on any atom is -0.471 e. The Balaban J connectivity index is 1.82. The van der Waals surface area contributed by atoms with Crippen LogP contribution in [0.5, 0.6) is 5.75 Å². The first-order valence-electron chi connectivity index (χ1n) is 9.35. The normalized spacial score (nSPS) is 13.5. The van der Waals surface area contributed by atoms with Crippen molar-refractivity contribution in [2.24, 2.45) is 0 Å². The highest BCUT2D eigenvalue weighted by Crippen LogP contribution is 2.40. The highest BCUT2D eigenvalue weighted by Gasteiger charge is 2.25. The van der Waals surface area contributed by atoms with E-state index in [0.29, 0.717) is 29.6 Å². The molecule has 2 heterocycles. The van der Waals surface area contributed by atoms with E-state index in [1.165, 1.54) is 5.56 Å². The Morgan fingerprint density at radius 1 is 1.15 bits per heavy atom. The molecule has 0 atom stereocenters. The Hall–Kier alpha value is -2.46. The van der Waals surface area contributed by atoms with Crippen molar-refractivity contribution >= 4 is 28.3 Å². The summed E-state index contributed by atoms with van der Waals surface area (Å²) in [6, 6.07) is 11.9. The molecule has 140 valence electrons. The summed E-state index contributed by atoms with van der Waals surface area (Å²) in [5, 5.41) is 1.46. The number of benzene rings is 2. The molecule has 4 nitrogen and oxygen atoms in total. The molecule has 27 heavy (non-hydrogen) atoms. The maximum absolute atomic E-state index is 12.1. The van der Waals surface area contributed by atoms with Crippen molar-refractivity contribution in [3.63, 3.8) is 0 Å². The molecule has 1 aliphatic rings. The van der Waals surface area contributed by atoms with Crippen molar-refractivity contribution in [2.45, 2.75) is 39.7 Å². The maximum atomic E-state index is 12.1. The molecule has 0 aliphatic carbocycles. The van der Waals surface area contributed by atoms with Gasteiger partial charge in [0.05, 0.1) is 17.1 Å². The van der Waals surface area contributed by atoms with Crippen molar-refractivity contribution in [1.29, 1.82) is 0 Å². The quantitative estimate of drug-likeness (QED) is 0.572. The van der Waals surface area contributed by atoms with Crippen LogP contribution >= 0.6 is 11.6 Å². The van der Waals surface area contributed by atoms with Crippen molar-refractivity contribution in [2.75, 3.05) is 11.6 Å². The molecule has 3 aromatic rings. The molecule has 0 amide bonds. The predicted octanol–water partition coefficient (Wildman–Crippen LogP) is 5.32. The standard InChI is InChI=1S/C22H22ClNO3/c1-3-5-15-10-20(25)27-21-17(15)11-19(23)22-18(21)12-24(13-26-22)16-8-6-14(4-2)7-9-16/h6-11H,3-5,12-13H2,1-2H3. The van der Waals surface area contributed by atoms with E-state index >= 15 is 0 Å². The Kier molecular flexibility index (Phi) is 4.83. The van der Waals surface area contributed by atoms with Gasteiger partial charge >= 0.3 is 5.63 Å². The lowest BCUT2D eigenvalue weighted by Gasteiger charge is -2.31. The predicted molar refractivity (Wildman–Crippen MR) is 109 cm³/mol. The Labute approximate surface area is 163 Å². The highest BCUT2D eigenvalue weighted by atomic mass is 35.5. The third-order valence-corrected chi connectivity index (χ3v) is 5.34. The van der Waals surface area contributed by atoms with Gasteiger partial charge in [-0.05, 0) is 42.2 Å². The molecule has 0 spiro atoms. The van der Waals surface area contributed by atoms with Gasteiger partial charge < -0.3 is 14.1 Å². The second kappa shape index (κ2) is 7.28. The second-order valence-corrected chi connectivity index (χ2v) is 7.28. The molecule has 2 aromatic carbocycles. The van der Waals surface area contributed by atoms with E-state index in [-0.39, 0.29) is 5.63 Å². The molecule has 0 radical (unpaired) electrons. The van der Waals surface area contributed by atoms with Crippen LogP contribution in [-0.4, -0.2) is 6.73 Å². The summed E-state index contributed by atoms with van der Waals surface area (Å²) in [5.41, 5.74) is 4.41. The van der Waals surface area contributed by atoms with Crippen LogP contribution in [0.15, 0.2) is 45.6 Å². The number of hydrogen-bond donors (Lipinski definition) is 0. The molecule has 0 N–H and O–H groups in total. The Morgan fingerprint density at radius 2 is 1.93 bits per heavy atom. The number of aryl methyl sites for hydroxylation is 2. The van der Waals surface area contributed by atoms with Crippen molar-refractivity contribution < 1.29 is 9.15 Å². The zero-order chi connectivity index (χ0) is 19.0. The van der Waals surface area contributed by atoms with Gasteiger partial charge in [-0.2, -0.15) is 0 Å². The lowest BCUT2D eigenvalue weighted by molar-refractivity contribution is 0.289. The molecule has 4 rings (SSSR count). The summed E-state index contributed by atoms with van der Waals surface area (Å²) in [5.74, 6) is 0.613. The first kappa shape index (κ1) is 17.9. The molecule has 0 unspecified atom stereocenters. The van der Waals surface area contributed by atoms with Gasteiger partial charge in [0, 0.05) is 17.1 Å². The molecule has 1 aliphatic heterocycles. The molecular formula is C22H22ClNO3. The fourth-order valence-corrected chi connectivity index (χ4v) is 3.91. The summed E-state index contributed by atoms with van der Waals surface area (Å²) < 4.78 is 11.6. The number of hydrogen-bond acceptors (Lipinski definition) is 4. The van der Waals surface area contributed by atoms with Gasteiger partial charge in [-0.15, -0.1) is 0 Å². The van der Waals surface area contributed by atoms with E-state index in [9.17, 15) is 4.79 Å². The monoisotopic (exact) mass is 383 g/mol. The molecule has 0 saturated heterocycles. The minimum atomic E-state index is -0.333. The Bertz CT molecular complexity index is 1040. The van der Waals surface area contributed by atoms with E-state index in [1.807, 2.05) is 6.07 Å². The minimum absolute atomic E-state index is 0.333. The van der Waals surface area contributed by atoms with Gasteiger partial charge in [0.15, 0.2) is 6.73 Å². The zero-order valence-electron chi connectivity index (χ0n) is 15.5. The highest BCUT2D eigenvalue weighted by molar-refractivity contribution is 6.33. The van der Waals surface area contributed by atoms with Crippen LogP contribution in [0.25, 0.3) is 11.0 Å². The second-order valence-electron chi connectivity index (χ2n) is 6.87. The smallest absolute Gasteiger partial charge is 0.336 e. The van der Waals surface area contributed by atoms with Crippen molar-refractivity contribution in [3.8, 4) is 5.75 Å². The van der Waals surface area contributed by atoms with Gasteiger partial charge in [-0.3, -0.25) is 0 Å². The average molecular weight is 384 g/mol. The van der Waals surface area contributed by atoms with Crippen LogP contribution < -0.4 is 15.3 Å². The number of nitrogens with zero attached hydrogens (tertiary/aromatic N) is 1. The summed E-state index contributed by atoms with van der Waals surface area (Å²) in [6.45, 7) is 5.21. The van der Waals surface area contributed by atoms with E-state index in [2.05, 4.69) is 43.0 Å². The van der Waals surface area contributed by atoms with Crippen LogP contribution in [0, 0.1) is 0 Å².